The topological polar surface area (TPSA) is 37.8 Å². The first-order valence-corrected chi connectivity index (χ1v) is 6.67. The van der Waals surface area contributed by atoms with Crippen LogP contribution in [0, 0.1) is 11.6 Å². The number of aromatic nitrogens is 2. The highest BCUT2D eigenvalue weighted by atomic mass is 35.5. The molecule has 6 heteroatoms. The first-order valence-electron chi connectivity index (χ1n) is 6.29. The number of halogens is 3. The molecule has 0 spiro atoms. The van der Waals surface area contributed by atoms with Crippen molar-refractivity contribution in [3.05, 3.63) is 52.4 Å². The molecular formula is C14H14ClF2N3. The van der Waals surface area contributed by atoms with E-state index < -0.39 is 11.6 Å². The molecule has 0 unspecified atom stereocenters. The summed E-state index contributed by atoms with van der Waals surface area (Å²) in [6.07, 6.45) is 1.63. The molecule has 3 nitrogen and oxygen atoms in total. The monoisotopic (exact) mass is 297 g/mol. The molecule has 0 fully saturated rings. The van der Waals surface area contributed by atoms with Crippen molar-refractivity contribution in [2.75, 3.05) is 5.32 Å². The fourth-order valence-electron chi connectivity index (χ4n) is 1.74. The molecule has 0 atom stereocenters. The third-order valence-corrected chi connectivity index (χ3v) is 2.88. The van der Waals surface area contributed by atoms with Crippen molar-refractivity contribution in [1.29, 1.82) is 0 Å². The Hall–Kier alpha value is -1.75. The summed E-state index contributed by atoms with van der Waals surface area (Å²) in [6, 6.07) is 5.04. The zero-order chi connectivity index (χ0) is 14.5. The van der Waals surface area contributed by atoms with Gasteiger partial charge in [-0.1, -0.05) is 24.6 Å². The van der Waals surface area contributed by atoms with E-state index in [4.69, 9.17) is 11.6 Å². The maximum absolute atomic E-state index is 13.5. The van der Waals surface area contributed by atoms with Crippen molar-refractivity contribution >= 4 is 17.4 Å². The van der Waals surface area contributed by atoms with Crippen molar-refractivity contribution in [3.8, 4) is 0 Å². The summed E-state index contributed by atoms with van der Waals surface area (Å²) in [5.41, 5.74) is 0.359. The predicted octanol–water partition coefficient (Wildman–Crippen LogP) is 3.97. The van der Waals surface area contributed by atoms with Crippen molar-refractivity contribution < 1.29 is 8.78 Å². The summed E-state index contributed by atoms with van der Waals surface area (Å²) in [6.45, 7) is 2.22. The summed E-state index contributed by atoms with van der Waals surface area (Å²) >= 11 is 5.90. The van der Waals surface area contributed by atoms with E-state index in [2.05, 4.69) is 15.3 Å². The van der Waals surface area contributed by atoms with E-state index in [0.717, 1.165) is 18.9 Å². The van der Waals surface area contributed by atoms with Gasteiger partial charge in [0.1, 0.15) is 28.4 Å². The fraction of sp³-hybridized carbons (Fsp3) is 0.286. The third-order valence-electron chi connectivity index (χ3n) is 2.69. The Kier molecular flexibility index (Phi) is 4.84. The molecule has 0 aliphatic heterocycles. The lowest BCUT2D eigenvalue weighted by Gasteiger charge is -2.08. The molecule has 2 aromatic rings. The average Bonchev–Trinajstić information content (AvgIpc) is 2.37. The molecule has 106 valence electrons. The van der Waals surface area contributed by atoms with Crippen LogP contribution >= 0.6 is 11.6 Å². The lowest BCUT2D eigenvalue weighted by molar-refractivity contribution is 0.574. The second-order valence-corrected chi connectivity index (χ2v) is 4.72. The smallest absolute Gasteiger partial charge is 0.134 e. The van der Waals surface area contributed by atoms with Gasteiger partial charge in [-0.05, 0) is 12.5 Å². The van der Waals surface area contributed by atoms with E-state index in [1.54, 1.807) is 6.07 Å². The number of nitrogens with one attached hydrogen (secondary N) is 1. The maximum atomic E-state index is 13.5. The molecule has 0 saturated carbocycles. The van der Waals surface area contributed by atoms with Crippen LogP contribution in [-0.2, 0) is 13.0 Å². The third kappa shape index (κ3) is 3.87. The normalized spacial score (nSPS) is 10.6. The molecule has 20 heavy (non-hydrogen) atoms. The Labute approximate surface area is 121 Å². The number of aryl methyl sites for hydroxylation is 1. The largest absolute Gasteiger partial charge is 0.366 e. The van der Waals surface area contributed by atoms with Crippen molar-refractivity contribution in [1.82, 2.24) is 9.97 Å². The van der Waals surface area contributed by atoms with Crippen LogP contribution in [0.15, 0.2) is 24.3 Å². The maximum Gasteiger partial charge on any atom is 0.134 e. The van der Waals surface area contributed by atoms with Crippen LogP contribution < -0.4 is 5.32 Å². The van der Waals surface area contributed by atoms with E-state index in [1.165, 1.54) is 12.1 Å². The predicted molar refractivity (Wildman–Crippen MR) is 74.7 cm³/mol. The Morgan fingerprint density at radius 2 is 2.00 bits per heavy atom. The van der Waals surface area contributed by atoms with Crippen molar-refractivity contribution in [2.24, 2.45) is 0 Å². The summed E-state index contributed by atoms with van der Waals surface area (Å²) in [5.74, 6) is -0.0211. The number of hydrogen-bond donors (Lipinski definition) is 1. The van der Waals surface area contributed by atoms with Crippen LogP contribution in [0.3, 0.4) is 0 Å². The minimum absolute atomic E-state index is 0.199. The number of hydrogen-bond acceptors (Lipinski definition) is 3. The zero-order valence-electron chi connectivity index (χ0n) is 11.0. The summed E-state index contributed by atoms with van der Waals surface area (Å²) < 4.78 is 26.3. The van der Waals surface area contributed by atoms with Gasteiger partial charge in [0.05, 0.1) is 0 Å². The van der Waals surface area contributed by atoms with E-state index in [0.29, 0.717) is 22.4 Å². The molecule has 1 heterocycles. The average molecular weight is 298 g/mol. The molecule has 0 saturated heterocycles. The Morgan fingerprint density at radius 1 is 1.20 bits per heavy atom. The lowest BCUT2D eigenvalue weighted by Crippen LogP contribution is -2.06. The minimum Gasteiger partial charge on any atom is -0.366 e. The van der Waals surface area contributed by atoms with Gasteiger partial charge in [-0.3, -0.25) is 0 Å². The highest BCUT2D eigenvalue weighted by Gasteiger charge is 2.06. The van der Waals surface area contributed by atoms with Crippen LogP contribution in [0.5, 0.6) is 0 Å². The second kappa shape index (κ2) is 6.61. The Balaban J connectivity index is 2.10. The van der Waals surface area contributed by atoms with E-state index in [1.807, 2.05) is 6.92 Å². The molecule has 1 aromatic heterocycles. The van der Waals surface area contributed by atoms with Crippen molar-refractivity contribution in [3.63, 3.8) is 0 Å². The number of nitrogens with zero attached hydrogens (tertiary/aromatic N) is 2. The molecule has 1 aromatic carbocycles. The van der Waals surface area contributed by atoms with Gasteiger partial charge in [-0.2, -0.15) is 0 Å². The van der Waals surface area contributed by atoms with Crippen LogP contribution in [0.4, 0.5) is 14.6 Å². The van der Waals surface area contributed by atoms with Gasteiger partial charge in [0.2, 0.25) is 0 Å². The van der Waals surface area contributed by atoms with Crippen LogP contribution in [-0.4, -0.2) is 9.97 Å². The second-order valence-electron chi connectivity index (χ2n) is 4.33. The SMILES string of the molecule is CCCc1nc(Cl)cc(NCc2ccc(F)cc2F)n1. The fourth-order valence-corrected chi connectivity index (χ4v) is 1.94. The number of rotatable bonds is 5. The van der Waals surface area contributed by atoms with Gasteiger partial charge in [0.25, 0.3) is 0 Å². The molecule has 2 rings (SSSR count). The quantitative estimate of drug-likeness (QED) is 0.849. The molecule has 0 aliphatic carbocycles. The zero-order valence-corrected chi connectivity index (χ0v) is 11.7. The first-order chi connectivity index (χ1) is 9.58. The molecule has 0 aliphatic rings. The van der Waals surface area contributed by atoms with Gasteiger partial charge in [0, 0.05) is 30.7 Å². The summed E-state index contributed by atoms with van der Waals surface area (Å²) in [4.78, 5) is 8.38. The summed E-state index contributed by atoms with van der Waals surface area (Å²) in [5, 5.41) is 3.30. The standard InChI is InChI=1S/C14H14ClF2N3/c1-2-3-13-19-12(15)7-14(20-13)18-8-9-4-5-10(16)6-11(9)17/h4-7H,2-3,8H2,1H3,(H,18,19,20). The lowest BCUT2D eigenvalue weighted by atomic mass is 10.2. The number of anilines is 1. The van der Waals surface area contributed by atoms with E-state index in [9.17, 15) is 8.78 Å². The Morgan fingerprint density at radius 3 is 2.70 bits per heavy atom. The van der Waals surface area contributed by atoms with Gasteiger partial charge in [-0.15, -0.1) is 0 Å². The first kappa shape index (κ1) is 14.7. The Bertz CT molecular complexity index is 605. The molecular weight excluding hydrogens is 284 g/mol. The minimum atomic E-state index is -0.596. The molecule has 1 N–H and O–H groups in total. The highest BCUT2D eigenvalue weighted by molar-refractivity contribution is 6.29. The van der Waals surface area contributed by atoms with Crippen LogP contribution in [0.1, 0.15) is 24.7 Å². The van der Waals surface area contributed by atoms with E-state index >= 15 is 0 Å². The molecule has 0 bridgehead atoms. The van der Waals surface area contributed by atoms with Gasteiger partial charge in [0.15, 0.2) is 0 Å². The van der Waals surface area contributed by atoms with Gasteiger partial charge >= 0.3 is 0 Å². The molecule has 0 radical (unpaired) electrons. The molecule has 0 amide bonds. The summed E-state index contributed by atoms with van der Waals surface area (Å²) in [7, 11) is 0. The van der Waals surface area contributed by atoms with Crippen molar-refractivity contribution in [2.45, 2.75) is 26.3 Å². The van der Waals surface area contributed by atoms with Crippen LogP contribution in [0.2, 0.25) is 5.15 Å². The van der Waals surface area contributed by atoms with Gasteiger partial charge < -0.3 is 5.32 Å². The van der Waals surface area contributed by atoms with Crippen LogP contribution in [0.25, 0.3) is 0 Å². The van der Waals surface area contributed by atoms with Gasteiger partial charge in [-0.25, -0.2) is 18.7 Å². The van der Waals surface area contributed by atoms with E-state index in [-0.39, 0.29) is 6.54 Å². The number of benzene rings is 1. The highest BCUT2D eigenvalue weighted by Crippen LogP contribution is 2.15.